The maximum absolute atomic E-state index is 11.3. The summed E-state index contributed by atoms with van der Waals surface area (Å²) in [7, 11) is 1.22. The second-order valence-electron chi connectivity index (χ2n) is 2.69. The SMILES string of the molecule is COC(=O)CNC(=O)c1cccc(=O)[nH]1. The van der Waals surface area contributed by atoms with Crippen LogP contribution in [0.5, 0.6) is 0 Å². The number of aromatic nitrogens is 1. The van der Waals surface area contributed by atoms with Gasteiger partial charge in [0.05, 0.1) is 7.11 Å². The van der Waals surface area contributed by atoms with Gasteiger partial charge in [0.2, 0.25) is 5.56 Å². The van der Waals surface area contributed by atoms with Gasteiger partial charge in [0.15, 0.2) is 0 Å². The van der Waals surface area contributed by atoms with E-state index in [1.54, 1.807) is 0 Å². The fourth-order valence-corrected chi connectivity index (χ4v) is 0.900. The minimum atomic E-state index is -0.554. The summed E-state index contributed by atoms with van der Waals surface area (Å²) < 4.78 is 4.33. The number of amides is 1. The molecule has 0 fully saturated rings. The molecule has 0 aliphatic rings. The van der Waals surface area contributed by atoms with E-state index in [0.717, 1.165) is 0 Å². The number of H-pyrrole nitrogens is 1. The maximum atomic E-state index is 11.3. The van der Waals surface area contributed by atoms with Crippen LogP contribution in [0.1, 0.15) is 10.5 Å². The second kappa shape index (κ2) is 4.94. The Labute approximate surface area is 85.3 Å². The van der Waals surface area contributed by atoms with Crippen LogP contribution in [0.15, 0.2) is 23.0 Å². The predicted molar refractivity (Wildman–Crippen MR) is 51.4 cm³/mol. The molecule has 1 aromatic rings. The third-order valence-electron chi connectivity index (χ3n) is 1.63. The van der Waals surface area contributed by atoms with E-state index in [1.807, 2.05) is 0 Å². The lowest BCUT2D eigenvalue weighted by Gasteiger charge is -2.02. The van der Waals surface area contributed by atoms with E-state index in [1.165, 1.54) is 25.3 Å². The standard InChI is InChI=1S/C9H10N2O4/c1-15-8(13)5-10-9(14)6-3-2-4-7(12)11-6/h2-4H,5H2,1H3,(H,10,14)(H,11,12). The van der Waals surface area contributed by atoms with Crippen molar-refractivity contribution in [3.63, 3.8) is 0 Å². The smallest absolute Gasteiger partial charge is 0.325 e. The van der Waals surface area contributed by atoms with Gasteiger partial charge >= 0.3 is 5.97 Å². The molecule has 80 valence electrons. The number of esters is 1. The molecule has 0 aromatic carbocycles. The highest BCUT2D eigenvalue weighted by atomic mass is 16.5. The molecule has 1 amide bonds. The zero-order chi connectivity index (χ0) is 11.3. The van der Waals surface area contributed by atoms with E-state index in [4.69, 9.17) is 0 Å². The normalized spacial score (nSPS) is 9.40. The highest BCUT2D eigenvalue weighted by Gasteiger charge is 2.07. The molecule has 2 N–H and O–H groups in total. The van der Waals surface area contributed by atoms with Gasteiger partial charge in [-0.1, -0.05) is 6.07 Å². The summed E-state index contributed by atoms with van der Waals surface area (Å²) in [6.07, 6.45) is 0. The number of aromatic amines is 1. The van der Waals surface area contributed by atoms with Crippen LogP contribution in [-0.2, 0) is 9.53 Å². The summed E-state index contributed by atoms with van der Waals surface area (Å²) >= 11 is 0. The molecule has 1 heterocycles. The molecule has 0 atom stereocenters. The number of hydrogen-bond acceptors (Lipinski definition) is 4. The Hall–Kier alpha value is -2.11. The van der Waals surface area contributed by atoms with Crippen molar-refractivity contribution < 1.29 is 14.3 Å². The number of carbonyl (C=O) groups excluding carboxylic acids is 2. The van der Waals surface area contributed by atoms with Crippen LogP contribution in [0, 0.1) is 0 Å². The first-order chi connectivity index (χ1) is 7.13. The van der Waals surface area contributed by atoms with E-state index in [0.29, 0.717) is 0 Å². The highest BCUT2D eigenvalue weighted by molar-refractivity contribution is 5.94. The molecule has 0 saturated heterocycles. The Balaban J connectivity index is 2.62. The molecule has 0 bridgehead atoms. The number of ether oxygens (including phenoxy) is 1. The third-order valence-corrected chi connectivity index (χ3v) is 1.63. The molecule has 6 heteroatoms. The summed E-state index contributed by atoms with van der Waals surface area (Å²) in [6.45, 7) is -0.230. The number of pyridine rings is 1. The monoisotopic (exact) mass is 210 g/mol. The number of hydrogen-bond donors (Lipinski definition) is 2. The van der Waals surface area contributed by atoms with Crippen molar-refractivity contribution in [2.75, 3.05) is 13.7 Å². The molecule has 0 aliphatic carbocycles. The molecule has 0 spiro atoms. The Bertz CT molecular complexity index is 424. The first kappa shape index (κ1) is 11.0. The Kier molecular flexibility index (Phi) is 3.61. The van der Waals surface area contributed by atoms with Gasteiger partial charge in [-0.2, -0.15) is 0 Å². The topological polar surface area (TPSA) is 88.3 Å². The van der Waals surface area contributed by atoms with Gasteiger partial charge in [-0.25, -0.2) is 0 Å². The minimum absolute atomic E-state index is 0.103. The fourth-order valence-electron chi connectivity index (χ4n) is 0.900. The first-order valence-electron chi connectivity index (χ1n) is 4.18. The molecule has 0 saturated carbocycles. The van der Waals surface area contributed by atoms with Crippen LogP contribution in [0.4, 0.5) is 0 Å². The molecular weight excluding hydrogens is 200 g/mol. The molecule has 6 nitrogen and oxygen atoms in total. The van der Waals surface area contributed by atoms with Crippen molar-refractivity contribution in [1.82, 2.24) is 10.3 Å². The van der Waals surface area contributed by atoms with Crippen molar-refractivity contribution in [2.45, 2.75) is 0 Å². The molecule has 0 aliphatic heterocycles. The van der Waals surface area contributed by atoms with Crippen LogP contribution in [0.2, 0.25) is 0 Å². The van der Waals surface area contributed by atoms with Crippen LogP contribution < -0.4 is 10.9 Å². The summed E-state index contributed by atoms with van der Waals surface area (Å²) in [5.74, 6) is -1.08. The number of carbonyl (C=O) groups is 2. The van der Waals surface area contributed by atoms with Gasteiger partial charge < -0.3 is 15.0 Å². The van der Waals surface area contributed by atoms with E-state index in [2.05, 4.69) is 15.0 Å². The minimum Gasteiger partial charge on any atom is -0.468 e. The lowest BCUT2D eigenvalue weighted by Crippen LogP contribution is -2.31. The van der Waals surface area contributed by atoms with Gasteiger partial charge in [-0.3, -0.25) is 14.4 Å². The highest BCUT2D eigenvalue weighted by Crippen LogP contribution is 1.89. The lowest BCUT2D eigenvalue weighted by atomic mass is 10.3. The molecule has 1 rings (SSSR count). The maximum Gasteiger partial charge on any atom is 0.325 e. The summed E-state index contributed by atoms with van der Waals surface area (Å²) in [6, 6.07) is 4.18. The van der Waals surface area contributed by atoms with Gasteiger partial charge in [-0.15, -0.1) is 0 Å². The van der Waals surface area contributed by atoms with Crippen molar-refractivity contribution in [3.05, 3.63) is 34.2 Å². The van der Waals surface area contributed by atoms with E-state index in [-0.39, 0.29) is 17.8 Å². The second-order valence-corrected chi connectivity index (χ2v) is 2.69. The Morgan fingerprint density at radius 3 is 2.80 bits per heavy atom. The van der Waals surface area contributed by atoms with E-state index in [9.17, 15) is 14.4 Å². The molecule has 1 aromatic heterocycles. The quantitative estimate of drug-likeness (QED) is 0.644. The number of rotatable bonds is 3. The summed E-state index contributed by atoms with van der Waals surface area (Å²) in [5, 5.41) is 2.29. The van der Waals surface area contributed by atoms with Crippen molar-refractivity contribution >= 4 is 11.9 Å². The zero-order valence-corrected chi connectivity index (χ0v) is 8.07. The van der Waals surface area contributed by atoms with E-state index < -0.39 is 11.9 Å². The number of methoxy groups -OCH3 is 1. The molecule has 0 radical (unpaired) electrons. The van der Waals surface area contributed by atoms with Crippen molar-refractivity contribution in [3.8, 4) is 0 Å². The van der Waals surface area contributed by atoms with Gasteiger partial charge in [-0.05, 0) is 6.07 Å². The van der Waals surface area contributed by atoms with Crippen LogP contribution >= 0.6 is 0 Å². The van der Waals surface area contributed by atoms with Gasteiger partial charge in [0, 0.05) is 6.07 Å². The number of nitrogens with one attached hydrogen (secondary N) is 2. The van der Waals surface area contributed by atoms with Crippen LogP contribution in [0.3, 0.4) is 0 Å². The molecule has 0 unspecified atom stereocenters. The fraction of sp³-hybridized carbons (Fsp3) is 0.222. The summed E-state index contributed by atoms with van der Waals surface area (Å²) in [4.78, 5) is 35.2. The molecular formula is C9H10N2O4. The van der Waals surface area contributed by atoms with Crippen LogP contribution in [0.25, 0.3) is 0 Å². The first-order valence-corrected chi connectivity index (χ1v) is 4.18. The Morgan fingerprint density at radius 1 is 1.47 bits per heavy atom. The average Bonchev–Trinajstić information content (AvgIpc) is 2.25. The third kappa shape index (κ3) is 3.26. The van der Waals surface area contributed by atoms with E-state index >= 15 is 0 Å². The van der Waals surface area contributed by atoms with Crippen molar-refractivity contribution in [2.24, 2.45) is 0 Å². The predicted octanol–water partition coefficient (Wildman–Crippen LogP) is -0.722. The summed E-state index contributed by atoms with van der Waals surface area (Å²) in [5.41, 5.74) is -0.271. The Morgan fingerprint density at radius 2 is 2.20 bits per heavy atom. The largest absolute Gasteiger partial charge is 0.468 e. The average molecular weight is 210 g/mol. The van der Waals surface area contributed by atoms with Gasteiger partial charge in [0.25, 0.3) is 5.91 Å². The lowest BCUT2D eigenvalue weighted by molar-refractivity contribution is -0.139. The van der Waals surface area contributed by atoms with Crippen molar-refractivity contribution in [1.29, 1.82) is 0 Å². The van der Waals surface area contributed by atoms with Crippen LogP contribution in [-0.4, -0.2) is 30.5 Å². The zero-order valence-electron chi connectivity index (χ0n) is 8.07. The molecule has 15 heavy (non-hydrogen) atoms. The van der Waals surface area contributed by atoms with Gasteiger partial charge in [0.1, 0.15) is 12.2 Å².